The van der Waals surface area contributed by atoms with Gasteiger partial charge in [0.15, 0.2) is 0 Å². The first-order valence-electron chi connectivity index (χ1n) is 6.30. The van der Waals surface area contributed by atoms with Gasteiger partial charge >= 0.3 is 0 Å². The molecule has 0 aliphatic heterocycles. The molecule has 2 rings (SSSR count). The maximum Gasteiger partial charge on any atom is 0.142 e. The Kier molecular flexibility index (Phi) is 4.47. The van der Waals surface area contributed by atoms with Crippen LogP contribution < -0.4 is 0 Å². The van der Waals surface area contributed by atoms with Crippen molar-refractivity contribution in [2.45, 2.75) is 39.5 Å². The van der Waals surface area contributed by atoms with Crippen LogP contribution in [0.25, 0.3) is 5.82 Å². The lowest BCUT2D eigenvalue weighted by Gasteiger charge is -2.08. The number of aryl methyl sites for hydroxylation is 2. The number of imidazole rings is 1. The smallest absolute Gasteiger partial charge is 0.142 e. The van der Waals surface area contributed by atoms with Gasteiger partial charge in [-0.25, -0.2) is 15.0 Å². The second kappa shape index (κ2) is 6.09. The highest BCUT2D eigenvalue weighted by Crippen LogP contribution is 2.15. The topological polar surface area (TPSA) is 43.6 Å². The van der Waals surface area contributed by atoms with E-state index in [0.29, 0.717) is 0 Å². The van der Waals surface area contributed by atoms with E-state index in [9.17, 15) is 0 Å². The van der Waals surface area contributed by atoms with Gasteiger partial charge in [-0.15, -0.1) is 0 Å². The summed E-state index contributed by atoms with van der Waals surface area (Å²) >= 11 is 3.45. The summed E-state index contributed by atoms with van der Waals surface area (Å²) in [6, 6.07) is 1.93. The standard InChI is InChI=1S/C13H17BrN4/c1-3-5-11-16-10(14)9-13(17-11)18-8-7-15-12(18)6-4-2/h7-9H,3-6H2,1-2H3. The first-order valence-corrected chi connectivity index (χ1v) is 7.10. The fourth-order valence-electron chi connectivity index (χ4n) is 1.86. The molecule has 2 heterocycles. The van der Waals surface area contributed by atoms with Crippen LogP contribution in [0.1, 0.15) is 38.3 Å². The van der Waals surface area contributed by atoms with Crippen molar-refractivity contribution in [2.24, 2.45) is 0 Å². The van der Waals surface area contributed by atoms with E-state index >= 15 is 0 Å². The fraction of sp³-hybridized carbons (Fsp3) is 0.462. The van der Waals surface area contributed by atoms with Crippen LogP contribution in [0.2, 0.25) is 0 Å². The molecule has 0 saturated heterocycles. The third kappa shape index (κ3) is 2.96. The summed E-state index contributed by atoms with van der Waals surface area (Å²) in [5.74, 6) is 2.81. The molecule has 4 nitrogen and oxygen atoms in total. The lowest BCUT2D eigenvalue weighted by Crippen LogP contribution is -2.06. The Hall–Kier alpha value is -1.23. The van der Waals surface area contributed by atoms with Gasteiger partial charge in [0, 0.05) is 31.3 Å². The third-order valence-electron chi connectivity index (χ3n) is 2.64. The van der Waals surface area contributed by atoms with Gasteiger partial charge in [-0.3, -0.25) is 4.57 Å². The maximum absolute atomic E-state index is 4.59. The van der Waals surface area contributed by atoms with E-state index in [1.165, 1.54) is 0 Å². The highest BCUT2D eigenvalue weighted by atomic mass is 79.9. The Balaban J connectivity index is 2.39. The van der Waals surface area contributed by atoms with Gasteiger partial charge in [-0.05, 0) is 28.8 Å². The lowest BCUT2D eigenvalue weighted by atomic mass is 10.3. The number of halogens is 1. The minimum Gasteiger partial charge on any atom is -0.288 e. The summed E-state index contributed by atoms with van der Waals surface area (Å²) in [7, 11) is 0. The molecule has 0 aromatic carbocycles. The van der Waals surface area contributed by atoms with E-state index in [-0.39, 0.29) is 0 Å². The number of aromatic nitrogens is 4. The molecule has 0 radical (unpaired) electrons. The zero-order chi connectivity index (χ0) is 13.0. The van der Waals surface area contributed by atoms with Crippen LogP contribution in [0.3, 0.4) is 0 Å². The van der Waals surface area contributed by atoms with Crippen LogP contribution in [-0.2, 0) is 12.8 Å². The molecule has 0 aliphatic carbocycles. The average molecular weight is 309 g/mol. The van der Waals surface area contributed by atoms with Crippen molar-refractivity contribution >= 4 is 15.9 Å². The minimum absolute atomic E-state index is 0.826. The molecule has 2 aromatic heterocycles. The first-order chi connectivity index (χ1) is 8.74. The van der Waals surface area contributed by atoms with Gasteiger partial charge in [0.05, 0.1) is 0 Å². The highest BCUT2D eigenvalue weighted by molar-refractivity contribution is 9.10. The average Bonchev–Trinajstić information content (AvgIpc) is 2.77. The summed E-state index contributed by atoms with van der Waals surface area (Å²) in [6.45, 7) is 4.28. The van der Waals surface area contributed by atoms with Crippen molar-refractivity contribution in [2.75, 3.05) is 0 Å². The molecule has 2 aromatic rings. The molecule has 0 fully saturated rings. The lowest BCUT2D eigenvalue weighted by molar-refractivity contribution is 0.771. The second-order valence-corrected chi connectivity index (χ2v) is 4.99. The van der Waals surface area contributed by atoms with Crippen molar-refractivity contribution in [1.29, 1.82) is 0 Å². The molecule has 0 amide bonds. The maximum atomic E-state index is 4.59. The molecule has 96 valence electrons. The van der Waals surface area contributed by atoms with E-state index in [0.717, 1.165) is 47.8 Å². The van der Waals surface area contributed by atoms with Gasteiger partial charge in [0.2, 0.25) is 0 Å². The Morgan fingerprint density at radius 2 is 1.94 bits per heavy atom. The molecular formula is C13H17BrN4. The molecule has 0 spiro atoms. The SMILES string of the molecule is CCCc1nc(Br)cc(-n2ccnc2CCC)n1. The zero-order valence-electron chi connectivity index (χ0n) is 10.7. The van der Waals surface area contributed by atoms with Crippen molar-refractivity contribution in [3.8, 4) is 5.82 Å². The Morgan fingerprint density at radius 1 is 1.17 bits per heavy atom. The van der Waals surface area contributed by atoms with Gasteiger partial charge in [0.25, 0.3) is 0 Å². The van der Waals surface area contributed by atoms with Gasteiger partial charge < -0.3 is 0 Å². The number of nitrogens with zero attached hydrogens (tertiary/aromatic N) is 4. The molecule has 18 heavy (non-hydrogen) atoms. The molecule has 0 bridgehead atoms. The van der Waals surface area contributed by atoms with E-state index < -0.39 is 0 Å². The normalized spacial score (nSPS) is 10.8. The van der Waals surface area contributed by atoms with Crippen molar-refractivity contribution in [1.82, 2.24) is 19.5 Å². The van der Waals surface area contributed by atoms with Crippen molar-refractivity contribution in [3.63, 3.8) is 0 Å². The van der Waals surface area contributed by atoms with Crippen LogP contribution in [0.4, 0.5) is 0 Å². The number of hydrogen-bond donors (Lipinski definition) is 0. The summed E-state index contributed by atoms with van der Waals surface area (Å²) in [6.07, 6.45) is 7.74. The quantitative estimate of drug-likeness (QED) is 0.796. The van der Waals surface area contributed by atoms with E-state index in [2.05, 4.69) is 44.7 Å². The monoisotopic (exact) mass is 308 g/mol. The Bertz CT molecular complexity index is 521. The predicted molar refractivity (Wildman–Crippen MR) is 74.8 cm³/mol. The van der Waals surface area contributed by atoms with Crippen LogP contribution in [0.15, 0.2) is 23.1 Å². The van der Waals surface area contributed by atoms with Gasteiger partial charge in [-0.2, -0.15) is 0 Å². The zero-order valence-corrected chi connectivity index (χ0v) is 12.3. The van der Waals surface area contributed by atoms with Crippen LogP contribution >= 0.6 is 15.9 Å². The molecule has 5 heteroatoms. The summed E-state index contributed by atoms with van der Waals surface area (Å²) in [4.78, 5) is 13.3. The van der Waals surface area contributed by atoms with E-state index in [4.69, 9.17) is 0 Å². The number of hydrogen-bond acceptors (Lipinski definition) is 3. The molecule has 0 atom stereocenters. The van der Waals surface area contributed by atoms with Crippen molar-refractivity contribution in [3.05, 3.63) is 34.7 Å². The minimum atomic E-state index is 0.826. The second-order valence-electron chi connectivity index (χ2n) is 4.18. The molecule has 0 aliphatic rings. The largest absolute Gasteiger partial charge is 0.288 e. The first kappa shape index (κ1) is 13.2. The van der Waals surface area contributed by atoms with E-state index in [1.807, 2.05) is 23.0 Å². The van der Waals surface area contributed by atoms with Crippen LogP contribution in [0.5, 0.6) is 0 Å². The summed E-state index contributed by atoms with van der Waals surface area (Å²) < 4.78 is 2.86. The molecule has 0 unspecified atom stereocenters. The third-order valence-corrected chi connectivity index (χ3v) is 3.05. The molecule has 0 saturated carbocycles. The Labute approximate surface area is 116 Å². The predicted octanol–water partition coefficient (Wildman–Crippen LogP) is 3.33. The summed E-state index contributed by atoms with van der Waals surface area (Å²) in [5, 5.41) is 0. The fourth-order valence-corrected chi connectivity index (χ4v) is 2.27. The van der Waals surface area contributed by atoms with E-state index in [1.54, 1.807) is 0 Å². The summed E-state index contributed by atoms with van der Waals surface area (Å²) in [5.41, 5.74) is 0. The van der Waals surface area contributed by atoms with Gasteiger partial charge in [0.1, 0.15) is 22.1 Å². The number of rotatable bonds is 5. The van der Waals surface area contributed by atoms with Gasteiger partial charge in [-0.1, -0.05) is 13.8 Å². The molecular weight excluding hydrogens is 292 g/mol. The van der Waals surface area contributed by atoms with Crippen molar-refractivity contribution < 1.29 is 0 Å². The Morgan fingerprint density at radius 3 is 2.67 bits per heavy atom. The van der Waals surface area contributed by atoms with Crippen LogP contribution in [-0.4, -0.2) is 19.5 Å². The highest BCUT2D eigenvalue weighted by Gasteiger charge is 2.08. The molecule has 0 N–H and O–H groups in total. The van der Waals surface area contributed by atoms with Crippen LogP contribution in [0, 0.1) is 0 Å².